The Kier molecular flexibility index (Phi) is 3.27. The van der Waals surface area contributed by atoms with Crippen LogP contribution < -0.4 is 5.73 Å². The Morgan fingerprint density at radius 3 is 2.62 bits per heavy atom. The molecule has 0 aromatic heterocycles. The lowest BCUT2D eigenvalue weighted by molar-refractivity contribution is -0.163. The summed E-state index contributed by atoms with van der Waals surface area (Å²) >= 11 is 0. The number of hydrogen-bond acceptors (Lipinski definition) is 4. The molecular formula is C12H24N2O2. The van der Waals surface area contributed by atoms with Gasteiger partial charge in [0.05, 0.1) is 19.3 Å². The van der Waals surface area contributed by atoms with Crippen LogP contribution in [0.15, 0.2) is 0 Å². The Morgan fingerprint density at radius 1 is 1.44 bits per heavy atom. The molecule has 4 nitrogen and oxygen atoms in total. The van der Waals surface area contributed by atoms with Crippen LogP contribution in [-0.2, 0) is 9.47 Å². The van der Waals surface area contributed by atoms with Gasteiger partial charge in [0.15, 0.2) is 0 Å². The number of morpholine rings is 1. The molecule has 4 heteroatoms. The molecule has 2 aliphatic rings. The molecule has 0 aromatic rings. The third kappa shape index (κ3) is 1.88. The second kappa shape index (κ2) is 4.26. The number of ether oxygens (including phenoxy) is 2. The average molecular weight is 228 g/mol. The quantitative estimate of drug-likeness (QED) is 0.768. The number of methoxy groups -OCH3 is 1. The summed E-state index contributed by atoms with van der Waals surface area (Å²) in [5.41, 5.74) is 6.24. The number of nitrogens with zero attached hydrogens (tertiary/aromatic N) is 1. The molecule has 2 N–H and O–H groups in total. The van der Waals surface area contributed by atoms with E-state index < -0.39 is 0 Å². The highest BCUT2D eigenvalue weighted by atomic mass is 16.5. The van der Waals surface area contributed by atoms with Gasteiger partial charge in [-0.1, -0.05) is 0 Å². The molecule has 0 atom stereocenters. The summed E-state index contributed by atoms with van der Waals surface area (Å²) in [5, 5.41) is 0. The van der Waals surface area contributed by atoms with E-state index >= 15 is 0 Å². The summed E-state index contributed by atoms with van der Waals surface area (Å²) in [4.78, 5) is 2.54. The summed E-state index contributed by atoms with van der Waals surface area (Å²) < 4.78 is 11.0. The summed E-state index contributed by atoms with van der Waals surface area (Å²) in [6, 6.07) is 0. The lowest BCUT2D eigenvalue weighted by Gasteiger charge is -2.59. The highest BCUT2D eigenvalue weighted by Crippen LogP contribution is 2.43. The third-order valence-electron chi connectivity index (χ3n) is 4.15. The van der Waals surface area contributed by atoms with Crippen molar-refractivity contribution in [3.05, 3.63) is 0 Å². The van der Waals surface area contributed by atoms with Crippen LogP contribution in [0, 0.1) is 0 Å². The maximum atomic E-state index is 6.00. The van der Waals surface area contributed by atoms with E-state index in [0.29, 0.717) is 6.10 Å². The van der Waals surface area contributed by atoms with E-state index in [-0.39, 0.29) is 11.1 Å². The van der Waals surface area contributed by atoms with Crippen molar-refractivity contribution in [1.29, 1.82) is 0 Å². The van der Waals surface area contributed by atoms with Crippen LogP contribution >= 0.6 is 0 Å². The number of nitrogens with two attached hydrogens (primary N) is 1. The van der Waals surface area contributed by atoms with Gasteiger partial charge in [-0.05, 0) is 26.7 Å². The predicted molar refractivity (Wildman–Crippen MR) is 63.4 cm³/mol. The van der Waals surface area contributed by atoms with Crippen molar-refractivity contribution in [2.24, 2.45) is 5.73 Å². The van der Waals surface area contributed by atoms with Crippen molar-refractivity contribution >= 4 is 0 Å². The van der Waals surface area contributed by atoms with Gasteiger partial charge in [0.25, 0.3) is 0 Å². The molecule has 1 saturated heterocycles. The molecule has 2 rings (SSSR count). The van der Waals surface area contributed by atoms with Gasteiger partial charge in [-0.15, -0.1) is 0 Å². The normalized spacial score (nSPS) is 39.4. The smallest absolute Gasteiger partial charge is 0.0645 e. The summed E-state index contributed by atoms with van der Waals surface area (Å²) in [6.07, 6.45) is 2.51. The number of hydrogen-bond donors (Lipinski definition) is 1. The first-order chi connectivity index (χ1) is 7.54. The van der Waals surface area contributed by atoms with Crippen molar-refractivity contribution in [2.45, 2.75) is 43.9 Å². The predicted octanol–water partition coefficient (Wildman–Crippen LogP) is 0.603. The average Bonchev–Trinajstić information content (AvgIpc) is 2.19. The van der Waals surface area contributed by atoms with Gasteiger partial charge in [-0.3, -0.25) is 4.90 Å². The van der Waals surface area contributed by atoms with E-state index in [1.54, 1.807) is 7.11 Å². The van der Waals surface area contributed by atoms with Gasteiger partial charge in [0.1, 0.15) is 0 Å². The first kappa shape index (κ1) is 12.3. The van der Waals surface area contributed by atoms with Crippen molar-refractivity contribution < 1.29 is 9.47 Å². The van der Waals surface area contributed by atoms with E-state index in [4.69, 9.17) is 15.2 Å². The van der Waals surface area contributed by atoms with Gasteiger partial charge in [0.2, 0.25) is 0 Å². The van der Waals surface area contributed by atoms with Crippen LogP contribution in [0.25, 0.3) is 0 Å². The summed E-state index contributed by atoms with van der Waals surface area (Å²) in [5.74, 6) is 0. The number of rotatable bonds is 3. The van der Waals surface area contributed by atoms with E-state index in [0.717, 1.165) is 39.1 Å². The summed E-state index contributed by atoms with van der Waals surface area (Å²) in [6.45, 7) is 7.81. The molecule has 2 fully saturated rings. The van der Waals surface area contributed by atoms with Gasteiger partial charge < -0.3 is 15.2 Å². The van der Waals surface area contributed by atoms with Crippen LogP contribution in [0.3, 0.4) is 0 Å². The van der Waals surface area contributed by atoms with Crippen LogP contribution in [-0.4, -0.2) is 55.5 Å². The minimum Gasteiger partial charge on any atom is -0.381 e. The second-order valence-corrected chi connectivity index (χ2v) is 5.71. The van der Waals surface area contributed by atoms with Gasteiger partial charge in [-0.2, -0.15) is 0 Å². The topological polar surface area (TPSA) is 47.7 Å². The monoisotopic (exact) mass is 228 g/mol. The first-order valence-corrected chi connectivity index (χ1v) is 6.12. The van der Waals surface area contributed by atoms with Gasteiger partial charge >= 0.3 is 0 Å². The Balaban J connectivity index is 2.09. The van der Waals surface area contributed by atoms with E-state index in [1.807, 2.05) is 0 Å². The zero-order chi connectivity index (χ0) is 11.8. The molecule has 1 saturated carbocycles. The fourth-order valence-electron chi connectivity index (χ4n) is 3.19. The Bertz CT molecular complexity index is 249. The van der Waals surface area contributed by atoms with Crippen molar-refractivity contribution in [2.75, 3.05) is 33.4 Å². The zero-order valence-corrected chi connectivity index (χ0v) is 10.7. The highest BCUT2D eigenvalue weighted by molar-refractivity contribution is 5.08. The zero-order valence-electron chi connectivity index (χ0n) is 10.7. The van der Waals surface area contributed by atoms with E-state index in [2.05, 4.69) is 18.7 Å². The highest BCUT2D eigenvalue weighted by Gasteiger charge is 2.52. The van der Waals surface area contributed by atoms with E-state index in [9.17, 15) is 0 Å². The van der Waals surface area contributed by atoms with Gasteiger partial charge in [-0.25, -0.2) is 0 Å². The molecule has 0 spiro atoms. The molecule has 1 heterocycles. The molecule has 0 radical (unpaired) electrons. The minimum atomic E-state index is 0.0936. The molecular weight excluding hydrogens is 204 g/mol. The standard InChI is InChI=1S/C12H24N2O2/c1-11(2)9-16-5-4-14(11)12(8-13)6-10(7-12)15-3/h10H,4-9,13H2,1-3H3. The summed E-state index contributed by atoms with van der Waals surface area (Å²) in [7, 11) is 1.79. The van der Waals surface area contributed by atoms with Crippen molar-refractivity contribution in [3.8, 4) is 0 Å². The Hall–Kier alpha value is -0.160. The van der Waals surface area contributed by atoms with Crippen molar-refractivity contribution in [3.63, 3.8) is 0 Å². The van der Waals surface area contributed by atoms with E-state index in [1.165, 1.54) is 0 Å². The largest absolute Gasteiger partial charge is 0.381 e. The molecule has 0 bridgehead atoms. The second-order valence-electron chi connectivity index (χ2n) is 5.71. The van der Waals surface area contributed by atoms with Crippen LogP contribution in [0.5, 0.6) is 0 Å². The lowest BCUT2D eigenvalue weighted by Crippen LogP contribution is -2.71. The molecule has 0 unspecified atom stereocenters. The SMILES string of the molecule is COC1CC(CN)(N2CCOCC2(C)C)C1. The Labute approximate surface area is 98.1 Å². The van der Waals surface area contributed by atoms with Crippen LogP contribution in [0.1, 0.15) is 26.7 Å². The lowest BCUT2D eigenvalue weighted by atomic mass is 9.70. The van der Waals surface area contributed by atoms with Gasteiger partial charge in [0, 0.05) is 31.3 Å². The molecule has 0 aromatic carbocycles. The third-order valence-corrected chi connectivity index (χ3v) is 4.15. The minimum absolute atomic E-state index is 0.0936. The van der Waals surface area contributed by atoms with Crippen LogP contribution in [0.2, 0.25) is 0 Å². The Morgan fingerprint density at radius 2 is 2.12 bits per heavy atom. The fourth-order valence-corrected chi connectivity index (χ4v) is 3.19. The maximum Gasteiger partial charge on any atom is 0.0645 e. The van der Waals surface area contributed by atoms with Crippen molar-refractivity contribution in [1.82, 2.24) is 4.90 Å². The fraction of sp³-hybridized carbons (Fsp3) is 1.00. The molecule has 0 amide bonds. The maximum absolute atomic E-state index is 6.00. The first-order valence-electron chi connectivity index (χ1n) is 6.12. The molecule has 1 aliphatic heterocycles. The molecule has 94 valence electrons. The molecule has 16 heavy (non-hydrogen) atoms. The molecule has 1 aliphatic carbocycles. The van der Waals surface area contributed by atoms with Crippen LogP contribution in [0.4, 0.5) is 0 Å².